The number of carboxylic acid groups (broad SMARTS) is 1. The number of aliphatic hydroxyl groups is 1. The van der Waals surface area contributed by atoms with Crippen LogP contribution < -0.4 is 0 Å². The molecule has 1 atom stereocenters. The van der Waals surface area contributed by atoms with E-state index in [1.165, 1.54) is 17.4 Å². The Bertz CT molecular complexity index is 339. The summed E-state index contributed by atoms with van der Waals surface area (Å²) in [5.74, 6) is -0.999. The van der Waals surface area contributed by atoms with Gasteiger partial charge in [0.1, 0.15) is 0 Å². The molecule has 1 aromatic heterocycles. The van der Waals surface area contributed by atoms with E-state index in [-0.39, 0.29) is 11.5 Å². The van der Waals surface area contributed by atoms with Crippen molar-refractivity contribution in [1.82, 2.24) is 0 Å². The zero-order valence-electron chi connectivity index (χ0n) is 8.44. The minimum absolute atomic E-state index is 0.0146. The largest absolute Gasteiger partial charge is 0.478 e. The standard InChI is InChI=1S/C10H14O3S/c1-6(2)10(3,13)8-7(9(11)12)4-5-14-8/h4-6,13H,1-3H3,(H,11,12). The Balaban J connectivity index is 3.18. The van der Waals surface area contributed by atoms with E-state index in [2.05, 4.69) is 0 Å². The summed E-state index contributed by atoms with van der Waals surface area (Å²) in [5.41, 5.74) is -0.865. The van der Waals surface area contributed by atoms with Gasteiger partial charge in [-0.05, 0) is 24.3 Å². The van der Waals surface area contributed by atoms with Crippen molar-refractivity contribution in [2.45, 2.75) is 26.4 Å². The van der Waals surface area contributed by atoms with Gasteiger partial charge in [0, 0.05) is 0 Å². The van der Waals surface area contributed by atoms with Crippen LogP contribution in [0, 0.1) is 5.92 Å². The van der Waals surface area contributed by atoms with Crippen molar-refractivity contribution in [2.75, 3.05) is 0 Å². The molecule has 1 heterocycles. The number of aromatic carboxylic acids is 1. The first-order valence-electron chi connectivity index (χ1n) is 4.41. The normalized spacial score (nSPS) is 15.5. The molecule has 0 aliphatic rings. The average Bonchev–Trinajstić information content (AvgIpc) is 2.51. The summed E-state index contributed by atoms with van der Waals surface area (Å²) in [6, 6.07) is 1.53. The minimum Gasteiger partial charge on any atom is -0.478 e. The molecule has 0 bridgehead atoms. The zero-order chi connectivity index (χ0) is 10.9. The summed E-state index contributed by atoms with van der Waals surface area (Å²) in [6.45, 7) is 5.38. The fraction of sp³-hybridized carbons (Fsp3) is 0.500. The molecule has 0 saturated carbocycles. The molecule has 0 aromatic carbocycles. The summed E-state index contributed by atoms with van der Waals surface area (Å²) in [4.78, 5) is 11.4. The highest BCUT2D eigenvalue weighted by atomic mass is 32.1. The predicted molar refractivity (Wildman–Crippen MR) is 55.7 cm³/mol. The molecule has 0 spiro atoms. The van der Waals surface area contributed by atoms with Crippen LogP contribution in [0.1, 0.15) is 36.0 Å². The minimum atomic E-state index is -1.07. The van der Waals surface area contributed by atoms with Crippen molar-refractivity contribution < 1.29 is 15.0 Å². The molecular formula is C10H14O3S. The van der Waals surface area contributed by atoms with Crippen molar-refractivity contribution in [3.05, 3.63) is 21.9 Å². The van der Waals surface area contributed by atoms with Crippen LogP contribution >= 0.6 is 11.3 Å². The first-order chi connectivity index (χ1) is 6.37. The molecule has 0 amide bonds. The van der Waals surface area contributed by atoms with E-state index in [9.17, 15) is 9.90 Å². The summed E-state index contributed by atoms with van der Waals surface area (Å²) < 4.78 is 0. The van der Waals surface area contributed by atoms with E-state index in [0.29, 0.717) is 4.88 Å². The van der Waals surface area contributed by atoms with Gasteiger partial charge in [-0.1, -0.05) is 13.8 Å². The van der Waals surface area contributed by atoms with E-state index in [1.54, 1.807) is 12.3 Å². The fourth-order valence-corrected chi connectivity index (χ4v) is 2.23. The summed E-state index contributed by atoms with van der Waals surface area (Å²) in [6.07, 6.45) is 0. The number of carbonyl (C=O) groups is 1. The first-order valence-corrected chi connectivity index (χ1v) is 5.29. The van der Waals surface area contributed by atoms with Crippen molar-refractivity contribution in [3.8, 4) is 0 Å². The molecule has 0 aliphatic carbocycles. The number of thiophene rings is 1. The van der Waals surface area contributed by atoms with Gasteiger partial charge < -0.3 is 10.2 Å². The van der Waals surface area contributed by atoms with Crippen LogP contribution in [0.15, 0.2) is 11.4 Å². The molecule has 1 aromatic rings. The van der Waals surface area contributed by atoms with E-state index in [0.717, 1.165) is 0 Å². The first kappa shape index (κ1) is 11.2. The van der Waals surface area contributed by atoms with E-state index in [1.807, 2.05) is 13.8 Å². The Morgan fingerprint density at radius 3 is 2.57 bits per heavy atom. The molecular weight excluding hydrogens is 200 g/mol. The summed E-state index contributed by atoms with van der Waals surface area (Å²) in [7, 11) is 0. The molecule has 0 saturated heterocycles. The summed E-state index contributed by atoms with van der Waals surface area (Å²) in [5, 5.41) is 20.7. The maximum atomic E-state index is 10.8. The van der Waals surface area contributed by atoms with Gasteiger partial charge in [0.25, 0.3) is 0 Å². The lowest BCUT2D eigenvalue weighted by Crippen LogP contribution is -2.28. The number of hydrogen-bond donors (Lipinski definition) is 2. The Morgan fingerprint density at radius 1 is 1.57 bits per heavy atom. The number of carboxylic acids is 1. The van der Waals surface area contributed by atoms with Crippen molar-refractivity contribution in [2.24, 2.45) is 5.92 Å². The quantitative estimate of drug-likeness (QED) is 0.811. The van der Waals surface area contributed by atoms with Gasteiger partial charge in [0.05, 0.1) is 16.0 Å². The molecule has 2 N–H and O–H groups in total. The third-order valence-corrected chi connectivity index (χ3v) is 3.62. The van der Waals surface area contributed by atoms with Crippen LogP contribution in [0.2, 0.25) is 0 Å². The predicted octanol–water partition coefficient (Wildman–Crippen LogP) is 2.31. The maximum absolute atomic E-state index is 10.8. The molecule has 0 radical (unpaired) electrons. The lowest BCUT2D eigenvalue weighted by atomic mass is 9.89. The number of rotatable bonds is 3. The topological polar surface area (TPSA) is 57.5 Å². The third kappa shape index (κ3) is 1.81. The van der Waals surface area contributed by atoms with Crippen molar-refractivity contribution in [1.29, 1.82) is 0 Å². The molecule has 0 aliphatic heterocycles. The van der Waals surface area contributed by atoms with Crippen molar-refractivity contribution in [3.63, 3.8) is 0 Å². The average molecular weight is 214 g/mol. The third-order valence-electron chi connectivity index (χ3n) is 2.48. The Labute approximate surface area is 87.0 Å². The van der Waals surface area contributed by atoms with Gasteiger partial charge in [-0.2, -0.15) is 0 Å². The van der Waals surface area contributed by atoms with Crippen LogP contribution in [0.3, 0.4) is 0 Å². The van der Waals surface area contributed by atoms with Gasteiger partial charge in [0.15, 0.2) is 0 Å². The monoisotopic (exact) mass is 214 g/mol. The SMILES string of the molecule is CC(C)C(C)(O)c1sccc1C(=O)O. The van der Waals surface area contributed by atoms with Crippen molar-refractivity contribution >= 4 is 17.3 Å². The van der Waals surface area contributed by atoms with E-state index < -0.39 is 11.6 Å². The molecule has 0 fully saturated rings. The van der Waals surface area contributed by atoms with Gasteiger partial charge >= 0.3 is 5.97 Å². The zero-order valence-corrected chi connectivity index (χ0v) is 9.26. The van der Waals surface area contributed by atoms with Gasteiger partial charge in [0.2, 0.25) is 0 Å². The van der Waals surface area contributed by atoms with Crippen LogP contribution in [-0.4, -0.2) is 16.2 Å². The molecule has 3 nitrogen and oxygen atoms in total. The number of hydrogen-bond acceptors (Lipinski definition) is 3. The van der Waals surface area contributed by atoms with Gasteiger partial charge in [-0.25, -0.2) is 4.79 Å². The molecule has 1 rings (SSSR count). The second-order valence-corrected chi connectivity index (χ2v) is 4.69. The summed E-state index contributed by atoms with van der Waals surface area (Å²) >= 11 is 1.28. The van der Waals surface area contributed by atoms with Gasteiger partial charge in [-0.15, -0.1) is 11.3 Å². The molecule has 14 heavy (non-hydrogen) atoms. The second-order valence-electron chi connectivity index (χ2n) is 3.77. The maximum Gasteiger partial charge on any atom is 0.336 e. The highest BCUT2D eigenvalue weighted by Gasteiger charge is 2.32. The molecule has 1 unspecified atom stereocenters. The van der Waals surface area contributed by atoms with Crippen LogP contribution in [0.25, 0.3) is 0 Å². The van der Waals surface area contributed by atoms with Crippen LogP contribution in [0.5, 0.6) is 0 Å². The Hall–Kier alpha value is -0.870. The second kappa shape index (κ2) is 3.71. The smallest absolute Gasteiger partial charge is 0.336 e. The molecule has 4 heteroatoms. The van der Waals surface area contributed by atoms with Crippen LogP contribution in [-0.2, 0) is 5.60 Å². The highest BCUT2D eigenvalue weighted by Crippen LogP contribution is 2.35. The van der Waals surface area contributed by atoms with E-state index in [4.69, 9.17) is 5.11 Å². The Morgan fingerprint density at radius 2 is 2.14 bits per heavy atom. The Kier molecular flexibility index (Phi) is 2.97. The van der Waals surface area contributed by atoms with E-state index >= 15 is 0 Å². The lowest BCUT2D eigenvalue weighted by molar-refractivity contribution is 0.0111. The lowest BCUT2D eigenvalue weighted by Gasteiger charge is -2.27. The highest BCUT2D eigenvalue weighted by molar-refractivity contribution is 7.10. The van der Waals surface area contributed by atoms with Crippen LogP contribution in [0.4, 0.5) is 0 Å². The molecule has 78 valence electrons. The fourth-order valence-electron chi connectivity index (χ4n) is 1.13. The van der Waals surface area contributed by atoms with Gasteiger partial charge in [-0.3, -0.25) is 0 Å².